The lowest BCUT2D eigenvalue weighted by atomic mass is 10.1. The molecule has 1 fully saturated rings. The SMILES string of the molecule is COCC(C)N(CC1CCCN1)C(C)C. The number of hydrogen-bond donors (Lipinski definition) is 1. The standard InChI is InChI=1S/C12H26N2O/c1-10(2)14(11(3)9-15-4)8-12-6-5-7-13-12/h10-13H,5-9H2,1-4H3. The molecule has 1 rings (SSSR count). The molecule has 0 aromatic carbocycles. The zero-order valence-electron chi connectivity index (χ0n) is 10.6. The van der Waals surface area contributed by atoms with Crippen molar-refractivity contribution in [2.45, 2.75) is 51.7 Å². The van der Waals surface area contributed by atoms with Crippen molar-refractivity contribution in [3.8, 4) is 0 Å². The van der Waals surface area contributed by atoms with Gasteiger partial charge in [0.1, 0.15) is 0 Å². The Labute approximate surface area is 94.2 Å². The highest BCUT2D eigenvalue weighted by Crippen LogP contribution is 2.12. The summed E-state index contributed by atoms with van der Waals surface area (Å²) in [6.07, 6.45) is 2.65. The molecule has 1 heterocycles. The first kappa shape index (κ1) is 12.9. The molecular formula is C12H26N2O. The predicted octanol–water partition coefficient (Wildman–Crippen LogP) is 1.48. The Bertz CT molecular complexity index is 167. The van der Waals surface area contributed by atoms with E-state index in [0.717, 1.165) is 13.2 Å². The average molecular weight is 214 g/mol. The second kappa shape index (κ2) is 6.46. The maximum atomic E-state index is 5.24. The number of ether oxygens (including phenoxy) is 1. The van der Waals surface area contributed by atoms with Gasteiger partial charge >= 0.3 is 0 Å². The molecule has 15 heavy (non-hydrogen) atoms. The lowest BCUT2D eigenvalue weighted by Gasteiger charge is -2.34. The number of nitrogens with zero attached hydrogens (tertiary/aromatic N) is 1. The van der Waals surface area contributed by atoms with Gasteiger partial charge in [0.15, 0.2) is 0 Å². The molecule has 2 atom stereocenters. The van der Waals surface area contributed by atoms with Crippen LogP contribution >= 0.6 is 0 Å². The van der Waals surface area contributed by atoms with E-state index in [2.05, 4.69) is 31.0 Å². The van der Waals surface area contributed by atoms with E-state index in [1.807, 2.05) is 0 Å². The Hall–Kier alpha value is -0.120. The molecule has 0 bridgehead atoms. The lowest BCUT2D eigenvalue weighted by Crippen LogP contribution is -2.47. The van der Waals surface area contributed by atoms with Crippen molar-refractivity contribution in [3.05, 3.63) is 0 Å². The Morgan fingerprint density at radius 1 is 1.40 bits per heavy atom. The molecule has 90 valence electrons. The largest absolute Gasteiger partial charge is 0.383 e. The topological polar surface area (TPSA) is 24.5 Å². The second-order valence-electron chi connectivity index (χ2n) is 4.89. The van der Waals surface area contributed by atoms with Crippen LogP contribution in [0, 0.1) is 0 Å². The molecule has 1 saturated heterocycles. The van der Waals surface area contributed by atoms with E-state index in [1.54, 1.807) is 7.11 Å². The molecule has 2 unspecified atom stereocenters. The summed E-state index contributed by atoms with van der Waals surface area (Å²) < 4.78 is 5.24. The fourth-order valence-corrected chi connectivity index (χ4v) is 2.40. The average Bonchev–Trinajstić information content (AvgIpc) is 2.66. The Kier molecular flexibility index (Phi) is 5.58. The van der Waals surface area contributed by atoms with Gasteiger partial charge in [-0.1, -0.05) is 0 Å². The van der Waals surface area contributed by atoms with Crippen LogP contribution < -0.4 is 5.32 Å². The van der Waals surface area contributed by atoms with E-state index in [-0.39, 0.29) is 0 Å². The third kappa shape index (κ3) is 4.09. The van der Waals surface area contributed by atoms with Crippen molar-refractivity contribution in [2.24, 2.45) is 0 Å². The molecular weight excluding hydrogens is 188 g/mol. The fourth-order valence-electron chi connectivity index (χ4n) is 2.40. The van der Waals surface area contributed by atoms with Gasteiger partial charge in [-0.25, -0.2) is 0 Å². The minimum Gasteiger partial charge on any atom is -0.383 e. The zero-order chi connectivity index (χ0) is 11.3. The van der Waals surface area contributed by atoms with Crippen molar-refractivity contribution >= 4 is 0 Å². The van der Waals surface area contributed by atoms with E-state index in [4.69, 9.17) is 4.74 Å². The predicted molar refractivity (Wildman–Crippen MR) is 64.2 cm³/mol. The maximum Gasteiger partial charge on any atom is 0.0615 e. The summed E-state index contributed by atoms with van der Waals surface area (Å²) >= 11 is 0. The highest BCUT2D eigenvalue weighted by molar-refractivity contribution is 4.81. The summed E-state index contributed by atoms with van der Waals surface area (Å²) in [5.41, 5.74) is 0. The molecule has 0 saturated carbocycles. The molecule has 1 aliphatic heterocycles. The van der Waals surface area contributed by atoms with Crippen molar-refractivity contribution in [1.29, 1.82) is 0 Å². The smallest absolute Gasteiger partial charge is 0.0615 e. The monoisotopic (exact) mass is 214 g/mol. The van der Waals surface area contributed by atoms with Crippen molar-refractivity contribution < 1.29 is 4.74 Å². The molecule has 3 nitrogen and oxygen atoms in total. The third-order valence-corrected chi connectivity index (χ3v) is 3.23. The number of methoxy groups -OCH3 is 1. The van der Waals surface area contributed by atoms with Gasteiger partial charge in [0.25, 0.3) is 0 Å². The van der Waals surface area contributed by atoms with Crippen LogP contribution in [0.25, 0.3) is 0 Å². The van der Waals surface area contributed by atoms with E-state index >= 15 is 0 Å². The number of rotatable bonds is 6. The van der Waals surface area contributed by atoms with Gasteiger partial charge in [-0.3, -0.25) is 4.90 Å². The quantitative estimate of drug-likeness (QED) is 0.725. The second-order valence-corrected chi connectivity index (χ2v) is 4.89. The number of nitrogens with one attached hydrogen (secondary N) is 1. The fraction of sp³-hybridized carbons (Fsp3) is 1.00. The normalized spacial score (nSPS) is 24.0. The van der Waals surface area contributed by atoms with Gasteiger partial charge in [0, 0.05) is 31.8 Å². The molecule has 0 amide bonds. The van der Waals surface area contributed by atoms with Crippen molar-refractivity contribution in [3.63, 3.8) is 0 Å². The molecule has 0 spiro atoms. The van der Waals surface area contributed by atoms with Crippen LogP contribution in [-0.4, -0.2) is 49.8 Å². The van der Waals surface area contributed by atoms with Crippen molar-refractivity contribution in [2.75, 3.05) is 26.8 Å². The van der Waals surface area contributed by atoms with Gasteiger partial charge in [-0.05, 0) is 40.2 Å². The van der Waals surface area contributed by atoms with Crippen molar-refractivity contribution in [1.82, 2.24) is 10.2 Å². The van der Waals surface area contributed by atoms with Gasteiger partial charge < -0.3 is 10.1 Å². The highest BCUT2D eigenvalue weighted by atomic mass is 16.5. The van der Waals surface area contributed by atoms with Gasteiger partial charge in [-0.15, -0.1) is 0 Å². The first-order valence-electron chi connectivity index (χ1n) is 6.13. The molecule has 1 aliphatic rings. The number of hydrogen-bond acceptors (Lipinski definition) is 3. The minimum atomic E-state index is 0.511. The summed E-state index contributed by atoms with van der Waals surface area (Å²) in [6, 6.07) is 1.79. The van der Waals surface area contributed by atoms with E-state index < -0.39 is 0 Å². The Balaban J connectivity index is 2.41. The van der Waals surface area contributed by atoms with Gasteiger partial charge in [0.05, 0.1) is 6.61 Å². The van der Waals surface area contributed by atoms with Crippen LogP contribution in [-0.2, 0) is 4.74 Å². The summed E-state index contributed by atoms with van der Waals surface area (Å²) in [5, 5.41) is 3.56. The van der Waals surface area contributed by atoms with Crippen LogP contribution in [0.15, 0.2) is 0 Å². The molecule has 0 aliphatic carbocycles. The maximum absolute atomic E-state index is 5.24. The molecule has 0 aromatic rings. The van der Waals surface area contributed by atoms with E-state index in [9.17, 15) is 0 Å². The summed E-state index contributed by atoms with van der Waals surface area (Å²) in [6.45, 7) is 9.95. The molecule has 1 N–H and O–H groups in total. The summed E-state index contributed by atoms with van der Waals surface area (Å²) in [7, 11) is 1.78. The summed E-state index contributed by atoms with van der Waals surface area (Å²) in [4.78, 5) is 2.53. The summed E-state index contributed by atoms with van der Waals surface area (Å²) in [5.74, 6) is 0. The van der Waals surface area contributed by atoms with Gasteiger partial charge in [0.2, 0.25) is 0 Å². The first-order valence-corrected chi connectivity index (χ1v) is 6.13. The van der Waals surface area contributed by atoms with E-state index in [1.165, 1.54) is 19.4 Å². The van der Waals surface area contributed by atoms with Gasteiger partial charge in [-0.2, -0.15) is 0 Å². The Morgan fingerprint density at radius 2 is 2.13 bits per heavy atom. The molecule has 0 radical (unpaired) electrons. The third-order valence-electron chi connectivity index (χ3n) is 3.23. The van der Waals surface area contributed by atoms with Crippen LogP contribution in [0.3, 0.4) is 0 Å². The highest BCUT2D eigenvalue weighted by Gasteiger charge is 2.23. The minimum absolute atomic E-state index is 0.511. The Morgan fingerprint density at radius 3 is 2.60 bits per heavy atom. The van der Waals surface area contributed by atoms with Crippen LogP contribution in [0.4, 0.5) is 0 Å². The van der Waals surface area contributed by atoms with E-state index in [0.29, 0.717) is 18.1 Å². The van der Waals surface area contributed by atoms with Crippen LogP contribution in [0.2, 0.25) is 0 Å². The zero-order valence-corrected chi connectivity index (χ0v) is 10.6. The van der Waals surface area contributed by atoms with Crippen LogP contribution in [0.5, 0.6) is 0 Å². The lowest BCUT2D eigenvalue weighted by molar-refractivity contribution is 0.0733. The first-order chi connectivity index (χ1) is 7.15. The molecule has 3 heteroatoms. The van der Waals surface area contributed by atoms with Crippen LogP contribution in [0.1, 0.15) is 33.6 Å². The molecule has 0 aromatic heterocycles.